The lowest BCUT2D eigenvalue weighted by molar-refractivity contribution is -0.126. The number of aromatic nitrogens is 1. The summed E-state index contributed by atoms with van der Waals surface area (Å²) in [5, 5.41) is 11.7. The van der Waals surface area contributed by atoms with Gasteiger partial charge in [-0.2, -0.15) is 0 Å². The molecule has 1 heterocycles. The van der Waals surface area contributed by atoms with Crippen LogP contribution in [-0.2, 0) is 28.9 Å². The summed E-state index contributed by atoms with van der Waals surface area (Å²) in [5.41, 5.74) is 7.23. The van der Waals surface area contributed by atoms with E-state index in [4.69, 9.17) is 4.98 Å². The van der Waals surface area contributed by atoms with E-state index in [9.17, 15) is 19.1 Å². The van der Waals surface area contributed by atoms with Crippen LogP contribution in [0.3, 0.4) is 0 Å². The highest BCUT2D eigenvalue weighted by Gasteiger charge is 2.30. The standard InChI is InChI=1S/C28H32FNO3/c1-14(2)11-21-20-8-6-7-18-16(4)23(29)13-24(26(18)20)30-27(21)15(3)12-22-19(17(5)31)9-10-25(32)28(22)33/h12-14,28,33H,6-11H2,1-5H3/b15-12+. The fourth-order valence-electron chi connectivity index (χ4n) is 5.39. The SMILES string of the molecule is CC(=O)C1=C(/C=C(\C)c2nc3cc(F)c(C)c4c3c(c2CC(C)C)CCC4)C(O)C(=O)CC1. The molecule has 174 valence electrons. The molecule has 0 radical (unpaired) electrons. The Balaban J connectivity index is 1.99. The van der Waals surface area contributed by atoms with Gasteiger partial charge in [0.2, 0.25) is 0 Å². The molecule has 0 fully saturated rings. The van der Waals surface area contributed by atoms with Crippen molar-refractivity contribution in [1.82, 2.24) is 4.98 Å². The molecule has 2 aliphatic rings. The number of aliphatic hydroxyl groups excluding tert-OH is 1. The molecule has 0 saturated heterocycles. The molecule has 4 nitrogen and oxygen atoms in total. The van der Waals surface area contributed by atoms with Crippen LogP contribution in [-0.4, -0.2) is 27.8 Å². The van der Waals surface area contributed by atoms with Gasteiger partial charge in [0.25, 0.3) is 0 Å². The topological polar surface area (TPSA) is 67.3 Å². The van der Waals surface area contributed by atoms with E-state index in [-0.39, 0.29) is 23.8 Å². The maximum Gasteiger partial charge on any atom is 0.166 e. The van der Waals surface area contributed by atoms with Gasteiger partial charge in [-0.05, 0) is 92.2 Å². The monoisotopic (exact) mass is 449 g/mol. The van der Waals surface area contributed by atoms with Crippen LogP contribution in [0, 0.1) is 18.7 Å². The summed E-state index contributed by atoms with van der Waals surface area (Å²) in [6.07, 6.45) is 4.53. The Morgan fingerprint density at radius 3 is 2.58 bits per heavy atom. The molecular formula is C28H32FNO3. The third kappa shape index (κ3) is 4.19. The molecule has 1 aromatic heterocycles. The van der Waals surface area contributed by atoms with Gasteiger partial charge in [0.1, 0.15) is 11.9 Å². The number of aliphatic hydroxyl groups is 1. The highest BCUT2D eigenvalue weighted by atomic mass is 19.1. The molecular weight excluding hydrogens is 417 g/mol. The molecule has 0 amide bonds. The fourth-order valence-corrected chi connectivity index (χ4v) is 5.39. The zero-order chi connectivity index (χ0) is 24.0. The summed E-state index contributed by atoms with van der Waals surface area (Å²) < 4.78 is 14.7. The molecule has 1 N–H and O–H groups in total. The van der Waals surface area contributed by atoms with E-state index in [0.717, 1.165) is 53.5 Å². The number of Topliss-reactive ketones (excluding diaryl/α,β-unsaturated/α-hetero) is 2. The molecule has 2 aromatic rings. The van der Waals surface area contributed by atoms with Crippen LogP contribution in [0.4, 0.5) is 4.39 Å². The lowest BCUT2D eigenvalue weighted by atomic mass is 9.81. The third-order valence-electron chi connectivity index (χ3n) is 7.02. The van der Waals surface area contributed by atoms with Crippen LogP contribution in [0.5, 0.6) is 0 Å². The first-order valence-electron chi connectivity index (χ1n) is 11.9. The molecule has 1 unspecified atom stereocenters. The number of benzene rings is 1. The number of aryl methyl sites for hydroxylation is 2. The molecule has 0 saturated carbocycles. The van der Waals surface area contributed by atoms with Crippen molar-refractivity contribution in [2.24, 2.45) is 5.92 Å². The Labute approximate surface area is 194 Å². The van der Waals surface area contributed by atoms with Crippen molar-refractivity contribution in [2.45, 2.75) is 79.2 Å². The van der Waals surface area contributed by atoms with Crippen molar-refractivity contribution in [3.05, 3.63) is 57.1 Å². The third-order valence-corrected chi connectivity index (χ3v) is 7.02. The number of halogens is 1. The van der Waals surface area contributed by atoms with Crippen LogP contribution in [0.15, 0.2) is 23.3 Å². The van der Waals surface area contributed by atoms with Crippen molar-refractivity contribution in [3.8, 4) is 0 Å². The zero-order valence-electron chi connectivity index (χ0n) is 20.1. The molecule has 1 aromatic carbocycles. The second kappa shape index (κ2) is 8.94. The Morgan fingerprint density at radius 1 is 1.21 bits per heavy atom. The van der Waals surface area contributed by atoms with Gasteiger partial charge < -0.3 is 5.11 Å². The van der Waals surface area contributed by atoms with Gasteiger partial charge in [-0.15, -0.1) is 0 Å². The molecule has 33 heavy (non-hydrogen) atoms. The first-order chi connectivity index (χ1) is 15.6. The lowest BCUT2D eigenvalue weighted by Crippen LogP contribution is -2.29. The fraction of sp³-hybridized carbons (Fsp3) is 0.464. The number of rotatable bonds is 5. The number of pyridine rings is 1. The van der Waals surface area contributed by atoms with Crippen molar-refractivity contribution in [2.75, 3.05) is 0 Å². The quantitative estimate of drug-likeness (QED) is 0.665. The molecule has 0 aliphatic heterocycles. The lowest BCUT2D eigenvalue weighted by Gasteiger charge is -2.26. The second-order valence-corrected chi connectivity index (χ2v) is 9.91. The highest BCUT2D eigenvalue weighted by Crippen LogP contribution is 2.38. The van der Waals surface area contributed by atoms with Crippen LogP contribution in [0.25, 0.3) is 16.5 Å². The maximum atomic E-state index is 14.7. The molecule has 1 atom stereocenters. The van der Waals surface area contributed by atoms with Crippen LogP contribution < -0.4 is 0 Å². The molecule has 2 aliphatic carbocycles. The van der Waals surface area contributed by atoms with Gasteiger partial charge in [0, 0.05) is 23.4 Å². The minimum absolute atomic E-state index is 0.133. The maximum absolute atomic E-state index is 14.7. The number of allylic oxidation sites excluding steroid dienone is 2. The van der Waals surface area contributed by atoms with Gasteiger partial charge in [0.15, 0.2) is 11.6 Å². The van der Waals surface area contributed by atoms with Gasteiger partial charge in [-0.1, -0.05) is 19.9 Å². The number of carbonyl (C=O) groups excluding carboxylic acids is 2. The van der Waals surface area contributed by atoms with Crippen molar-refractivity contribution >= 4 is 28.0 Å². The average molecular weight is 450 g/mol. The smallest absolute Gasteiger partial charge is 0.166 e. The van der Waals surface area contributed by atoms with E-state index in [2.05, 4.69) is 13.8 Å². The first kappa shape index (κ1) is 23.5. The normalized spacial score (nSPS) is 19.1. The molecule has 4 rings (SSSR count). The first-order valence-corrected chi connectivity index (χ1v) is 11.9. The second-order valence-electron chi connectivity index (χ2n) is 9.91. The summed E-state index contributed by atoms with van der Waals surface area (Å²) >= 11 is 0. The highest BCUT2D eigenvalue weighted by molar-refractivity contribution is 6.01. The van der Waals surface area contributed by atoms with Crippen molar-refractivity contribution < 1.29 is 19.1 Å². The summed E-state index contributed by atoms with van der Waals surface area (Å²) in [4.78, 5) is 29.4. The minimum atomic E-state index is -1.30. The van der Waals surface area contributed by atoms with Gasteiger partial charge in [-0.3, -0.25) is 9.59 Å². The average Bonchev–Trinajstić information content (AvgIpc) is 2.76. The van der Waals surface area contributed by atoms with Gasteiger partial charge >= 0.3 is 0 Å². The summed E-state index contributed by atoms with van der Waals surface area (Å²) in [6.45, 7) is 9.54. The number of hydrogen-bond acceptors (Lipinski definition) is 4. The summed E-state index contributed by atoms with van der Waals surface area (Å²) in [7, 11) is 0. The molecule has 5 heteroatoms. The summed E-state index contributed by atoms with van der Waals surface area (Å²) in [6, 6.07) is 1.53. The van der Waals surface area contributed by atoms with E-state index in [1.165, 1.54) is 18.6 Å². The Hall–Kier alpha value is -2.66. The summed E-state index contributed by atoms with van der Waals surface area (Å²) in [5.74, 6) is -0.248. The predicted octanol–water partition coefficient (Wildman–Crippen LogP) is 5.38. The number of carbonyl (C=O) groups is 2. The van der Waals surface area contributed by atoms with E-state index in [1.54, 1.807) is 6.08 Å². The van der Waals surface area contributed by atoms with E-state index >= 15 is 0 Å². The van der Waals surface area contributed by atoms with E-state index < -0.39 is 6.10 Å². The van der Waals surface area contributed by atoms with Gasteiger partial charge in [0.05, 0.1) is 11.2 Å². The number of nitrogens with zero attached hydrogens (tertiary/aromatic N) is 1. The predicted molar refractivity (Wildman–Crippen MR) is 129 cm³/mol. The van der Waals surface area contributed by atoms with Crippen LogP contribution >= 0.6 is 0 Å². The number of hydrogen-bond donors (Lipinski definition) is 1. The Morgan fingerprint density at radius 2 is 1.91 bits per heavy atom. The van der Waals surface area contributed by atoms with Crippen molar-refractivity contribution in [3.63, 3.8) is 0 Å². The Kier molecular flexibility index (Phi) is 6.37. The van der Waals surface area contributed by atoms with Gasteiger partial charge in [-0.25, -0.2) is 9.37 Å². The molecule has 0 spiro atoms. The van der Waals surface area contributed by atoms with Crippen molar-refractivity contribution in [1.29, 1.82) is 0 Å². The molecule has 0 bridgehead atoms. The zero-order valence-corrected chi connectivity index (χ0v) is 20.1. The van der Waals surface area contributed by atoms with Crippen LogP contribution in [0.2, 0.25) is 0 Å². The minimum Gasteiger partial charge on any atom is -0.381 e. The van der Waals surface area contributed by atoms with E-state index in [1.807, 2.05) is 13.8 Å². The van der Waals surface area contributed by atoms with E-state index in [0.29, 0.717) is 34.6 Å². The Bertz CT molecular complexity index is 1240. The largest absolute Gasteiger partial charge is 0.381 e. The number of ketones is 2. The van der Waals surface area contributed by atoms with Crippen LogP contribution in [0.1, 0.15) is 74.9 Å².